The average Bonchev–Trinajstić information content (AvgIpc) is 2.98. The van der Waals surface area contributed by atoms with E-state index in [0.717, 1.165) is 42.0 Å². The molecule has 0 saturated heterocycles. The third-order valence-corrected chi connectivity index (χ3v) is 4.48. The number of H-pyrrole nitrogens is 1. The number of nitrogens with one attached hydrogen (secondary N) is 1. The number of imidazole rings is 1. The van der Waals surface area contributed by atoms with Gasteiger partial charge in [0.2, 0.25) is 5.91 Å². The SMILES string of the molecule is CC(C)c1nc2c([nH]1)C[C@H](C(=O)N(C)Cc1cccnc1)CC2. The molecule has 1 amide bonds. The van der Waals surface area contributed by atoms with Crippen LogP contribution in [0.5, 0.6) is 0 Å². The molecule has 0 unspecified atom stereocenters. The van der Waals surface area contributed by atoms with Gasteiger partial charge in [-0.2, -0.15) is 0 Å². The highest BCUT2D eigenvalue weighted by atomic mass is 16.2. The lowest BCUT2D eigenvalue weighted by atomic mass is 9.89. The molecule has 122 valence electrons. The van der Waals surface area contributed by atoms with Gasteiger partial charge in [0.15, 0.2) is 0 Å². The van der Waals surface area contributed by atoms with Crippen molar-refractivity contribution in [1.82, 2.24) is 19.9 Å². The lowest BCUT2D eigenvalue weighted by Crippen LogP contribution is -2.35. The number of aryl methyl sites for hydroxylation is 1. The van der Waals surface area contributed by atoms with Gasteiger partial charge < -0.3 is 9.88 Å². The standard InChI is InChI=1S/C18H24N4O/c1-12(2)17-20-15-7-6-14(9-16(15)21-17)18(23)22(3)11-13-5-4-8-19-10-13/h4-5,8,10,12,14H,6-7,9,11H2,1-3H3,(H,20,21)/t14-/m1/s1. The molecule has 3 rings (SSSR count). The lowest BCUT2D eigenvalue weighted by Gasteiger charge is -2.26. The number of pyridine rings is 1. The van der Waals surface area contributed by atoms with E-state index < -0.39 is 0 Å². The van der Waals surface area contributed by atoms with Crippen LogP contribution >= 0.6 is 0 Å². The lowest BCUT2D eigenvalue weighted by molar-refractivity contribution is -0.135. The van der Waals surface area contributed by atoms with Crippen LogP contribution < -0.4 is 0 Å². The van der Waals surface area contributed by atoms with Crippen LogP contribution in [0.3, 0.4) is 0 Å². The first kappa shape index (κ1) is 15.7. The van der Waals surface area contributed by atoms with E-state index in [9.17, 15) is 4.79 Å². The number of carbonyl (C=O) groups excluding carboxylic acids is 1. The van der Waals surface area contributed by atoms with Gasteiger partial charge in [-0.05, 0) is 24.5 Å². The fraction of sp³-hybridized carbons (Fsp3) is 0.500. The third kappa shape index (κ3) is 3.44. The number of amides is 1. The quantitative estimate of drug-likeness (QED) is 0.944. The Hall–Kier alpha value is -2.17. The zero-order valence-corrected chi connectivity index (χ0v) is 14.0. The Morgan fingerprint density at radius 3 is 3.00 bits per heavy atom. The Morgan fingerprint density at radius 1 is 1.48 bits per heavy atom. The maximum atomic E-state index is 12.7. The summed E-state index contributed by atoms with van der Waals surface area (Å²) in [4.78, 5) is 26.7. The van der Waals surface area contributed by atoms with Crippen LogP contribution in [0.15, 0.2) is 24.5 Å². The number of aromatic amines is 1. The minimum absolute atomic E-state index is 0.0460. The Balaban J connectivity index is 1.66. The minimum atomic E-state index is 0.0460. The fourth-order valence-electron chi connectivity index (χ4n) is 3.14. The molecule has 1 N–H and O–H groups in total. The Kier molecular flexibility index (Phi) is 4.46. The van der Waals surface area contributed by atoms with Crippen LogP contribution in [0.2, 0.25) is 0 Å². The van der Waals surface area contributed by atoms with Crippen molar-refractivity contribution < 1.29 is 4.79 Å². The van der Waals surface area contributed by atoms with Crippen LogP contribution in [-0.2, 0) is 24.2 Å². The molecule has 5 nitrogen and oxygen atoms in total. The largest absolute Gasteiger partial charge is 0.345 e. The average molecular weight is 312 g/mol. The summed E-state index contributed by atoms with van der Waals surface area (Å²) in [6, 6.07) is 3.90. The molecule has 1 aliphatic rings. The van der Waals surface area contributed by atoms with E-state index in [1.807, 2.05) is 30.3 Å². The van der Waals surface area contributed by atoms with Crippen molar-refractivity contribution in [1.29, 1.82) is 0 Å². The molecule has 5 heteroatoms. The highest BCUT2D eigenvalue weighted by Crippen LogP contribution is 2.27. The first-order valence-electron chi connectivity index (χ1n) is 8.26. The molecule has 2 aromatic rings. The van der Waals surface area contributed by atoms with Crippen molar-refractivity contribution in [3.05, 3.63) is 47.3 Å². The van der Waals surface area contributed by atoms with Gasteiger partial charge in [0.25, 0.3) is 0 Å². The Morgan fingerprint density at radius 2 is 2.30 bits per heavy atom. The number of carbonyl (C=O) groups is 1. The number of rotatable bonds is 4. The van der Waals surface area contributed by atoms with Crippen molar-refractivity contribution in [2.45, 2.75) is 45.6 Å². The van der Waals surface area contributed by atoms with Crippen molar-refractivity contribution in [2.24, 2.45) is 5.92 Å². The molecule has 0 bridgehead atoms. The van der Waals surface area contributed by atoms with Gasteiger partial charge in [0, 0.05) is 49.9 Å². The molecule has 2 heterocycles. The number of aromatic nitrogens is 3. The molecule has 2 aromatic heterocycles. The molecule has 0 radical (unpaired) electrons. The molecule has 1 aliphatic carbocycles. The van der Waals surface area contributed by atoms with Crippen LogP contribution in [-0.4, -0.2) is 32.8 Å². The van der Waals surface area contributed by atoms with E-state index in [1.54, 1.807) is 6.20 Å². The van der Waals surface area contributed by atoms with Crippen LogP contribution in [0.4, 0.5) is 0 Å². The van der Waals surface area contributed by atoms with Crippen molar-refractivity contribution >= 4 is 5.91 Å². The molecular formula is C18H24N4O. The second-order valence-electron chi connectivity index (χ2n) is 6.70. The van der Waals surface area contributed by atoms with E-state index in [0.29, 0.717) is 12.5 Å². The zero-order chi connectivity index (χ0) is 16.4. The van der Waals surface area contributed by atoms with E-state index in [4.69, 9.17) is 0 Å². The Bertz CT molecular complexity index is 678. The molecule has 0 aromatic carbocycles. The highest BCUT2D eigenvalue weighted by molar-refractivity contribution is 5.79. The van der Waals surface area contributed by atoms with E-state index >= 15 is 0 Å². The van der Waals surface area contributed by atoms with Gasteiger partial charge in [0.1, 0.15) is 5.82 Å². The van der Waals surface area contributed by atoms with Crippen molar-refractivity contribution in [2.75, 3.05) is 7.05 Å². The van der Waals surface area contributed by atoms with Gasteiger partial charge in [-0.15, -0.1) is 0 Å². The predicted molar refractivity (Wildman–Crippen MR) is 88.9 cm³/mol. The van der Waals surface area contributed by atoms with Gasteiger partial charge in [0.05, 0.1) is 5.69 Å². The molecule has 0 fully saturated rings. The number of hydrogen-bond acceptors (Lipinski definition) is 3. The second kappa shape index (κ2) is 6.52. The van der Waals surface area contributed by atoms with Gasteiger partial charge >= 0.3 is 0 Å². The molecule has 0 aliphatic heterocycles. The summed E-state index contributed by atoms with van der Waals surface area (Å²) in [6.45, 7) is 4.87. The first-order valence-corrected chi connectivity index (χ1v) is 8.26. The van der Waals surface area contributed by atoms with Crippen LogP contribution in [0.25, 0.3) is 0 Å². The highest BCUT2D eigenvalue weighted by Gasteiger charge is 2.29. The minimum Gasteiger partial charge on any atom is -0.345 e. The second-order valence-corrected chi connectivity index (χ2v) is 6.70. The van der Waals surface area contributed by atoms with Gasteiger partial charge in [-0.1, -0.05) is 19.9 Å². The molecule has 23 heavy (non-hydrogen) atoms. The molecule has 1 atom stereocenters. The number of nitrogens with zero attached hydrogens (tertiary/aromatic N) is 3. The number of hydrogen-bond donors (Lipinski definition) is 1. The van der Waals surface area contributed by atoms with E-state index in [1.165, 1.54) is 0 Å². The smallest absolute Gasteiger partial charge is 0.226 e. The third-order valence-electron chi connectivity index (χ3n) is 4.48. The zero-order valence-electron chi connectivity index (χ0n) is 14.0. The van der Waals surface area contributed by atoms with Crippen LogP contribution in [0.1, 0.15) is 49.0 Å². The summed E-state index contributed by atoms with van der Waals surface area (Å²) >= 11 is 0. The summed E-state index contributed by atoms with van der Waals surface area (Å²) < 4.78 is 0. The maximum absolute atomic E-state index is 12.7. The summed E-state index contributed by atoms with van der Waals surface area (Å²) in [7, 11) is 1.87. The summed E-state index contributed by atoms with van der Waals surface area (Å²) in [6.07, 6.45) is 6.09. The normalized spacial score (nSPS) is 17.1. The summed E-state index contributed by atoms with van der Waals surface area (Å²) in [5.41, 5.74) is 3.35. The van der Waals surface area contributed by atoms with Crippen molar-refractivity contribution in [3.8, 4) is 0 Å². The molecule has 0 saturated carbocycles. The molecular weight excluding hydrogens is 288 g/mol. The maximum Gasteiger partial charge on any atom is 0.226 e. The Labute approximate surface area is 137 Å². The topological polar surface area (TPSA) is 61.9 Å². The fourth-order valence-corrected chi connectivity index (χ4v) is 3.14. The van der Waals surface area contributed by atoms with Crippen LogP contribution in [0, 0.1) is 5.92 Å². The van der Waals surface area contributed by atoms with Gasteiger partial charge in [-0.3, -0.25) is 9.78 Å². The monoisotopic (exact) mass is 312 g/mol. The summed E-state index contributed by atoms with van der Waals surface area (Å²) in [5, 5.41) is 0. The van der Waals surface area contributed by atoms with Crippen molar-refractivity contribution in [3.63, 3.8) is 0 Å². The predicted octanol–water partition coefficient (Wildman–Crippen LogP) is 2.69. The first-order chi connectivity index (χ1) is 11.0. The van der Waals surface area contributed by atoms with E-state index in [2.05, 4.69) is 28.8 Å². The van der Waals surface area contributed by atoms with Gasteiger partial charge in [-0.25, -0.2) is 4.98 Å². The number of fused-ring (bicyclic) bond motifs is 1. The summed E-state index contributed by atoms with van der Waals surface area (Å²) in [5.74, 6) is 1.68. The molecule has 0 spiro atoms. The van der Waals surface area contributed by atoms with E-state index in [-0.39, 0.29) is 11.8 Å².